The Hall–Kier alpha value is -0.760. The molecule has 0 fully saturated rings. The van der Waals surface area contributed by atoms with E-state index in [4.69, 9.17) is 11.6 Å². The van der Waals surface area contributed by atoms with Gasteiger partial charge >= 0.3 is 0 Å². The maximum atomic E-state index is 5.81. The third-order valence-corrected chi connectivity index (χ3v) is 3.05. The van der Waals surface area contributed by atoms with E-state index in [1.54, 1.807) is 0 Å². The highest BCUT2D eigenvalue weighted by Crippen LogP contribution is 2.22. The molecule has 0 bridgehead atoms. The fourth-order valence-corrected chi connectivity index (χ4v) is 1.86. The van der Waals surface area contributed by atoms with Crippen molar-refractivity contribution in [2.24, 2.45) is 0 Å². The van der Waals surface area contributed by atoms with Gasteiger partial charge in [-0.2, -0.15) is 0 Å². The van der Waals surface area contributed by atoms with Crippen molar-refractivity contribution in [3.8, 4) is 0 Å². The summed E-state index contributed by atoms with van der Waals surface area (Å²) >= 11 is 5.81. The summed E-state index contributed by atoms with van der Waals surface area (Å²) in [4.78, 5) is 4.34. The summed E-state index contributed by atoms with van der Waals surface area (Å²) in [6.45, 7) is 6.41. The number of hydrogen-bond donors (Lipinski definition) is 1. The van der Waals surface area contributed by atoms with Gasteiger partial charge in [-0.05, 0) is 38.3 Å². The third kappa shape index (κ3) is 3.38. The van der Waals surface area contributed by atoms with Gasteiger partial charge in [-0.15, -0.1) is 11.6 Å². The lowest BCUT2D eigenvalue weighted by Crippen LogP contribution is -2.35. The number of aryl methyl sites for hydroxylation is 1. The van der Waals surface area contributed by atoms with E-state index >= 15 is 0 Å². The standard InChI is InChI=1S/C12H19ClN2/c1-4-12(3,7-8-13)15-11-10(2)6-5-9-14-11/h5-6,9H,4,7-8H2,1-3H3,(H,14,15). The Balaban J connectivity index is 2.79. The van der Waals surface area contributed by atoms with Crippen LogP contribution in [0.3, 0.4) is 0 Å². The van der Waals surface area contributed by atoms with Crippen LogP contribution in [0.15, 0.2) is 18.3 Å². The Kier molecular flexibility index (Phi) is 4.40. The van der Waals surface area contributed by atoms with Gasteiger partial charge < -0.3 is 5.32 Å². The molecule has 0 aliphatic carbocycles. The van der Waals surface area contributed by atoms with Gasteiger partial charge in [0.1, 0.15) is 5.82 Å². The molecule has 0 aliphatic rings. The molecule has 0 amide bonds. The van der Waals surface area contributed by atoms with Crippen LogP contribution in [0.2, 0.25) is 0 Å². The van der Waals surface area contributed by atoms with Crippen LogP contribution in [0.4, 0.5) is 5.82 Å². The number of nitrogens with zero attached hydrogens (tertiary/aromatic N) is 1. The number of anilines is 1. The van der Waals surface area contributed by atoms with E-state index in [1.165, 1.54) is 5.56 Å². The highest BCUT2D eigenvalue weighted by molar-refractivity contribution is 6.17. The molecule has 3 heteroatoms. The van der Waals surface area contributed by atoms with Crippen molar-refractivity contribution in [1.29, 1.82) is 0 Å². The number of aromatic nitrogens is 1. The van der Waals surface area contributed by atoms with Crippen molar-refractivity contribution in [3.05, 3.63) is 23.9 Å². The highest BCUT2D eigenvalue weighted by atomic mass is 35.5. The van der Waals surface area contributed by atoms with Gasteiger partial charge in [0, 0.05) is 17.6 Å². The van der Waals surface area contributed by atoms with Crippen LogP contribution in [0.1, 0.15) is 32.3 Å². The van der Waals surface area contributed by atoms with E-state index < -0.39 is 0 Å². The van der Waals surface area contributed by atoms with Crippen LogP contribution in [-0.4, -0.2) is 16.4 Å². The molecule has 0 aromatic carbocycles. The highest BCUT2D eigenvalue weighted by Gasteiger charge is 2.21. The number of rotatable bonds is 5. The molecule has 84 valence electrons. The molecular formula is C12H19ClN2. The lowest BCUT2D eigenvalue weighted by molar-refractivity contribution is 0.479. The second-order valence-electron chi connectivity index (χ2n) is 4.15. The van der Waals surface area contributed by atoms with Gasteiger partial charge in [0.05, 0.1) is 0 Å². The number of nitrogens with one attached hydrogen (secondary N) is 1. The Labute approximate surface area is 97.1 Å². The van der Waals surface area contributed by atoms with E-state index in [0.29, 0.717) is 5.88 Å². The second-order valence-corrected chi connectivity index (χ2v) is 4.53. The number of halogens is 1. The Morgan fingerprint density at radius 1 is 1.53 bits per heavy atom. The fraction of sp³-hybridized carbons (Fsp3) is 0.583. The second kappa shape index (κ2) is 5.36. The molecule has 1 unspecified atom stereocenters. The lowest BCUT2D eigenvalue weighted by atomic mass is 9.95. The molecule has 1 rings (SSSR count). The molecule has 0 spiro atoms. The van der Waals surface area contributed by atoms with E-state index in [-0.39, 0.29) is 5.54 Å². The summed E-state index contributed by atoms with van der Waals surface area (Å²) < 4.78 is 0. The smallest absolute Gasteiger partial charge is 0.129 e. The fourth-order valence-electron chi connectivity index (χ4n) is 1.44. The number of pyridine rings is 1. The van der Waals surface area contributed by atoms with Crippen LogP contribution in [0.25, 0.3) is 0 Å². The van der Waals surface area contributed by atoms with Crippen LogP contribution >= 0.6 is 11.6 Å². The van der Waals surface area contributed by atoms with Crippen molar-refractivity contribution in [2.75, 3.05) is 11.2 Å². The molecule has 1 aromatic heterocycles. The first-order valence-corrected chi connectivity index (χ1v) is 5.90. The van der Waals surface area contributed by atoms with Gasteiger partial charge in [0.25, 0.3) is 0 Å². The van der Waals surface area contributed by atoms with Gasteiger partial charge in [0.2, 0.25) is 0 Å². The SMILES string of the molecule is CCC(C)(CCCl)Nc1ncccc1C. The normalized spacial score (nSPS) is 14.7. The zero-order valence-corrected chi connectivity index (χ0v) is 10.4. The molecule has 1 atom stereocenters. The minimum absolute atomic E-state index is 0.0425. The molecule has 0 saturated heterocycles. The Morgan fingerprint density at radius 2 is 2.27 bits per heavy atom. The Bertz CT molecular complexity index is 314. The summed E-state index contributed by atoms with van der Waals surface area (Å²) in [5.74, 6) is 1.63. The summed E-state index contributed by atoms with van der Waals surface area (Å²) in [5.41, 5.74) is 1.22. The molecule has 1 heterocycles. The van der Waals surface area contributed by atoms with Crippen LogP contribution < -0.4 is 5.32 Å². The summed E-state index contributed by atoms with van der Waals surface area (Å²) in [7, 11) is 0. The number of alkyl halides is 1. The molecule has 2 nitrogen and oxygen atoms in total. The summed E-state index contributed by atoms with van der Waals surface area (Å²) in [6, 6.07) is 4.01. The molecule has 15 heavy (non-hydrogen) atoms. The van der Waals surface area contributed by atoms with Crippen molar-refractivity contribution in [1.82, 2.24) is 4.98 Å². The molecule has 0 saturated carbocycles. The Morgan fingerprint density at radius 3 is 2.80 bits per heavy atom. The van der Waals surface area contributed by atoms with Gasteiger partial charge in [-0.25, -0.2) is 4.98 Å². The van der Waals surface area contributed by atoms with E-state index in [2.05, 4.69) is 37.1 Å². The van der Waals surface area contributed by atoms with Crippen LogP contribution in [0.5, 0.6) is 0 Å². The summed E-state index contributed by atoms with van der Waals surface area (Å²) in [6.07, 6.45) is 3.79. The topological polar surface area (TPSA) is 24.9 Å². The minimum Gasteiger partial charge on any atom is -0.365 e. The van der Waals surface area contributed by atoms with Gasteiger partial charge in [-0.3, -0.25) is 0 Å². The number of hydrogen-bond acceptors (Lipinski definition) is 2. The predicted octanol–water partition coefficient (Wildman–Crippen LogP) is 3.60. The monoisotopic (exact) mass is 226 g/mol. The average Bonchev–Trinajstić information content (AvgIpc) is 2.22. The third-order valence-electron chi connectivity index (χ3n) is 2.86. The average molecular weight is 227 g/mol. The molecular weight excluding hydrogens is 208 g/mol. The zero-order valence-electron chi connectivity index (χ0n) is 9.68. The minimum atomic E-state index is 0.0425. The first kappa shape index (κ1) is 12.3. The maximum absolute atomic E-state index is 5.81. The lowest BCUT2D eigenvalue weighted by Gasteiger charge is -2.30. The first-order valence-electron chi connectivity index (χ1n) is 5.37. The van der Waals surface area contributed by atoms with Crippen molar-refractivity contribution in [3.63, 3.8) is 0 Å². The molecule has 0 aliphatic heterocycles. The molecule has 0 radical (unpaired) electrons. The van der Waals surface area contributed by atoms with Gasteiger partial charge in [-0.1, -0.05) is 13.0 Å². The van der Waals surface area contributed by atoms with Crippen LogP contribution in [0, 0.1) is 6.92 Å². The summed E-state index contributed by atoms with van der Waals surface area (Å²) in [5, 5.41) is 3.48. The van der Waals surface area contributed by atoms with Crippen molar-refractivity contribution < 1.29 is 0 Å². The van der Waals surface area contributed by atoms with E-state index in [0.717, 1.165) is 18.7 Å². The van der Waals surface area contributed by atoms with Crippen molar-refractivity contribution >= 4 is 17.4 Å². The largest absolute Gasteiger partial charge is 0.365 e. The molecule has 1 N–H and O–H groups in total. The van der Waals surface area contributed by atoms with E-state index in [9.17, 15) is 0 Å². The molecule has 1 aromatic rings. The zero-order chi connectivity index (χ0) is 11.3. The van der Waals surface area contributed by atoms with E-state index in [1.807, 2.05) is 12.3 Å². The predicted molar refractivity (Wildman–Crippen MR) is 66.6 cm³/mol. The first-order chi connectivity index (χ1) is 7.11. The maximum Gasteiger partial charge on any atom is 0.129 e. The quantitative estimate of drug-likeness (QED) is 0.777. The van der Waals surface area contributed by atoms with Gasteiger partial charge in [0.15, 0.2) is 0 Å². The van der Waals surface area contributed by atoms with Crippen molar-refractivity contribution in [2.45, 2.75) is 39.2 Å². The van der Waals surface area contributed by atoms with Crippen LogP contribution in [-0.2, 0) is 0 Å².